The molecule has 7 nitrogen and oxygen atoms in total. The molecular formula is C21H27N3O4S2. The summed E-state index contributed by atoms with van der Waals surface area (Å²) < 4.78 is 27.7. The van der Waals surface area contributed by atoms with E-state index in [0.717, 1.165) is 24.8 Å². The van der Waals surface area contributed by atoms with Crippen LogP contribution >= 0.6 is 11.3 Å². The molecule has 162 valence electrons. The fourth-order valence-corrected chi connectivity index (χ4v) is 6.43. The Hall–Kier alpha value is -2.23. The summed E-state index contributed by atoms with van der Waals surface area (Å²) in [5.74, 6) is -1.36. The van der Waals surface area contributed by atoms with Crippen LogP contribution in [-0.4, -0.2) is 50.2 Å². The van der Waals surface area contributed by atoms with Gasteiger partial charge in [0.1, 0.15) is 4.21 Å². The number of thiophene rings is 1. The van der Waals surface area contributed by atoms with E-state index in [2.05, 4.69) is 10.6 Å². The third-order valence-corrected chi connectivity index (χ3v) is 8.47. The van der Waals surface area contributed by atoms with E-state index in [1.165, 1.54) is 11.3 Å². The fourth-order valence-electron chi connectivity index (χ4n) is 3.58. The summed E-state index contributed by atoms with van der Waals surface area (Å²) in [6.45, 7) is 1.12. The van der Waals surface area contributed by atoms with E-state index in [1.807, 2.05) is 30.3 Å². The first-order valence-corrected chi connectivity index (χ1v) is 12.5. The molecule has 1 aliphatic rings. The van der Waals surface area contributed by atoms with E-state index in [9.17, 15) is 18.0 Å². The number of amides is 2. The maximum absolute atomic E-state index is 12.9. The molecular weight excluding hydrogens is 422 g/mol. The van der Waals surface area contributed by atoms with E-state index in [4.69, 9.17) is 0 Å². The van der Waals surface area contributed by atoms with Crippen LogP contribution in [0.15, 0.2) is 52.1 Å². The van der Waals surface area contributed by atoms with Crippen molar-refractivity contribution in [3.8, 4) is 0 Å². The average molecular weight is 450 g/mol. The van der Waals surface area contributed by atoms with Gasteiger partial charge in [0.25, 0.3) is 10.0 Å². The van der Waals surface area contributed by atoms with E-state index in [1.54, 1.807) is 21.8 Å². The summed E-state index contributed by atoms with van der Waals surface area (Å²) in [5.41, 5.74) is 1.09. The van der Waals surface area contributed by atoms with Crippen LogP contribution < -0.4 is 10.6 Å². The standard InChI is InChI=1S/C21H27N3O4S2/c25-20(22-13-11-17-7-2-1-3-8-17)21(26)23-14-12-18-9-4-5-15-24(18)30(27,28)19-10-6-16-29-19/h1-3,6-8,10,16,18H,4-5,9,11-15H2,(H,22,25)(H,23,26)/t18-/m1/s1. The Kier molecular flexibility index (Phi) is 8.01. The molecule has 0 radical (unpaired) electrons. The molecule has 2 amide bonds. The first-order chi connectivity index (χ1) is 14.5. The van der Waals surface area contributed by atoms with Gasteiger partial charge in [0, 0.05) is 25.7 Å². The lowest BCUT2D eigenvalue weighted by Crippen LogP contribution is -2.46. The van der Waals surface area contributed by atoms with Crippen molar-refractivity contribution in [3.63, 3.8) is 0 Å². The number of rotatable bonds is 8. The Morgan fingerprint density at radius 1 is 1.00 bits per heavy atom. The highest BCUT2D eigenvalue weighted by Gasteiger charge is 2.33. The smallest absolute Gasteiger partial charge is 0.309 e. The summed E-state index contributed by atoms with van der Waals surface area (Å²) in [4.78, 5) is 24.0. The van der Waals surface area contributed by atoms with Crippen LogP contribution in [0.2, 0.25) is 0 Å². The lowest BCUT2D eigenvalue weighted by atomic mass is 10.0. The predicted molar refractivity (Wildman–Crippen MR) is 117 cm³/mol. The summed E-state index contributed by atoms with van der Waals surface area (Å²) >= 11 is 1.21. The zero-order chi connectivity index (χ0) is 21.4. The fraction of sp³-hybridized carbons (Fsp3) is 0.429. The molecule has 9 heteroatoms. The SMILES string of the molecule is O=C(NCCc1ccccc1)C(=O)NCC[C@H]1CCCCN1S(=O)(=O)c1cccs1. The lowest BCUT2D eigenvalue weighted by molar-refractivity contribution is -0.139. The minimum atomic E-state index is -3.51. The molecule has 30 heavy (non-hydrogen) atoms. The van der Waals surface area contributed by atoms with Crippen LogP contribution in [0.1, 0.15) is 31.2 Å². The zero-order valence-corrected chi connectivity index (χ0v) is 18.4. The van der Waals surface area contributed by atoms with Gasteiger partial charge in [0.2, 0.25) is 0 Å². The summed E-state index contributed by atoms with van der Waals surface area (Å²) in [6, 6.07) is 12.9. The van der Waals surface area contributed by atoms with Crippen LogP contribution in [0.3, 0.4) is 0 Å². The molecule has 1 fully saturated rings. The molecule has 2 N–H and O–H groups in total. The van der Waals surface area contributed by atoms with Crippen LogP contribution in [0.5, 0.6) is 0 Å². The topological polar surface area (TPSA) is 95.6 Å². The van der Waals surface area contributed by atoms with Crippen molar-refractivity contribution < 1.29 is 18.0 Å². The van der Waals surface area contributed by atoms with E-state index >= 15 is 0 Å². The summed E-state index contributed by atoms with van der Waals surface area (Å²) in [5, 5.41) is 6.98. The number of nitrogens with zero attached hydrogens (tertiary/aromatic N) is 1. The van der Waals surface area contributed by atoms with Crippen LogP contribution in [0.25, 0.3) is 0 Å². The Labute approximate surface area is 181 Å². The van der Waals surface area contributed by atoms with Gasteiger partial charge >= 0.3 is 11.8 Å². The molecule has 1 aromatic heterocycles. The van der Waals surface area contributed by atoms with Gasteiger partial charge in [0.15, 0.2) is 0 Å². The van der Waals surface area contributed by atoms with E-state index in [0.29, 0.717) is 30.1 Å². The molecule has 0 saturated carbocycles. The third kappa shape index (κ3) is 5.90. The second-order valence-corrected chi connectivity index (χ2v) is 10.3. The van der Waals surface area contributed by atoms with Crippen molar-refractivity contribution in [3.05, 3.63) is 53.4 Å². The van der Waals surface area contributed by atoms with Crippen LogP contribution in [0.4, 0.5) is 0 Å². The molecule has 0 bridgehead atoms. The summed E-state index contributed by atoms with van der Waals surface area (Å²) in [6.07, 6.45) is 3.67. The number of hydrogen-bond donors (Lipinski definition) is 2. The Balaban J connectivity index is 1.44. The Morgan fingerprint density at radius 3 is 2.43 bits per heavy atom. The molecule has 0 unspecified atom stereocenters. The maximum atomic E-state index is 12.9. The van der Waals surface area contributed by atoms with Gasteiger partial charge < -0.3 is 10.6 Å². The normalized spacial score (nSPS) is 17.4. The average Bonchev–Trinajstić information content (AvgIpc) is 3.30. The van der Waals surface area contributed by atoms with Gasteiger partial charge in [-0.05, 0) is 42.7 Å². The van der Waals surface area contributed by atoms with Gasteiger partial charge in [-0.15, -0.1) is 11.3 Å². The second kappa shape index (κ2) is 10.7. The van der Waals surface area contributed by atoms with Gasteiger partial charge in [-0.2, -0.15) is 4.31 Å². The number of hydrogen-bond acceptors (Lipinski definition) is 5. The van der Waals surface area contributed by atoms with Crippen molar-refractivity contribution in [1.29, 1.82) is 0 Å². The van der Waals surface area contributed by atoms with Gasteiger partial charge in [-0.25, -0.2) is 8.42 Å². The highest BCUT2D eigenvalue weighted by Crippen LogP contribution is 2.28. The van der Waals surface area contributed by atoms with Crippen LogP contribution in [0, 0.1) is 0 Å². The Morgan fingerprint density at radius 2 is 1.73 bits per heavy atom. The molecule has 2 aromatic rings. The Bertz CT molecular complexity index is 930. The minimum absolute atomic E-state index is 0.174. The quantitative estimate of drug-likeness (QED) is 0.604. The summed E-state index contributed by atoms with van der Waals surface area (Å²) in [7, 11) is -3.51. The van der Waals surface area contributed by atoms with Gasteiger partial charge in [-0.3, -0.25) is 9.59 Å². The molecule has 1 aromatic carbocycles. The van der Waals surface area contributed by atoms with E-state index in [-0.39, 0.29) is 12.6 Å². The lowest BCUT2D eigenvalue weighted by Gasteiger charge is -2.34. The van der Waals surface area contributed by atoms with Crippen LogP contribution in [-0.2, 0) is 26.0 Å². The van der Waals surface area contributed by atoms with Crippen molar-refractivity contribution in [2.75, 3.05) is 19.6 Å². The maximum Gasteiger partial charge on any atom is 0.309 e. The molecule has 1 atom stereocenters. The van der Waals surface area contributed by atoms with Crippen molar-refractivity contribution in [2.24, 2.45) is 0 Å². The number of carbonyl (C=O) groups excluding carboxylic acids is 2. The number of nitrogens with one attached hydrogen (secondary N) is 2. The number of piperidine rings is 1. The first-order valence-electron chi connectivity index (χ1n) is 10.1. The minimum Gasteiger partial charge on any atom is -0.348 e. The van der Waals surface area contributed by atoms with Crippen molar-refractivity contribution in [2.45, 2.75) is 42.4 Å². The predicted octanol–water partition coefficient (Wildman–Crippen LogP) is 2.16. The molecule has 1 saturated heterocycles. The molecule has 0 spiro atoms. The first kappa shape index (κ1) is 22.5. The number of benzene rings is 1. The molecule has 1 aliphatic heterocycles. The van der Waals surface area contributed by atoms with E-state index < -0.39 is 21.8 Å². The third-order valence-electron chi connectivity index (χ3n) is 5.14. The van der Waals surface area contributed by atoms with Gasteiger partial charge in [-0.1, -0.05) is 42.8 Å². The molecule has 0 aliphatic carbocycles. The number of carbonyl (C=O) groups is 2. The largest absolute Gasteiger partial charge is 0.348 e. The second-order valence-electron chi connectivity index (χ2n) is 7.23. The highest BCUT2D eigenvalue weighted by atomic mass is 32.2. The van der Waals surface area contributed by atoms with Gasteiger partial charge in [0.05, 0.1) is 0 Å². The number of sulfonamides is 1. The molecule has 2 heterocycles. The zero-order valence-electron chi connectivity index (χ0n) is 16.7. The van der Waals surface area contributed by atoms with Crippen molar-refractivity contribution in [1.82, 2.24) is 14.9 Å². The monoisotopic (exact) mass is 449 g/mol. The molecule has 3 rings (SSSR count). The highest BCUT2D eigenvalue weighted by molar-refractivity contribution is 7.91. The van der Waals surface area contributed by atoms with Crippen molar-refractivity contribution >= 4 is 33.2 Å².